The third-order valence-electron chi connectivity index (χ3n) is 3.76. The molecule has 2 aliphatic carbocycles. The maximum absolute atomic E-state index is 12.3. The zero-order valence-electron chi connectivity index (χ0n) is 11.2. The molecule has 1 aromatic carbocycles. The molecule has 0 bridgehead atoms. The van der Waals surface area contributed by atoms with Crippen LogP contribution in [0, 0.1) is 5.92 Å². The molecule has 2 saturated carbocycles. The number of hydrogen-bond donors (Lipinski definition) is 2. The van der Waals surface area contributed by atoms with E-state index in [4.69, 9.17) is 5.11 Å². The van der Waals surface area contributed by atoms with E-state index >= 15 is 0 Å². The first kappa shape index (κ1) is 13.0. The molecule has 20 heavy (non-hydrogen) atoms. The normalized spacial score (nSPS) is 17.6. The van der Waals surface area contributed by atoms with Gasteiger partial charge in [0.2, 0.25) is 0 Å². The Morgan fingerprint density at radius 2 is 2.00 bits per heavy atom. The van der Waals surface area contributed by atoms with Gasteiger partial charge < -0.3 is 15.3 Å². The molecule has 0 saturated heterocycles. The highest BCUT2D eigenvalue weighted by Gasteiger charge is 2.36. The van der Waals surface area contributed by atoms with Gasteiger partial charge in [-0.1, -0.05) is 6.07 Å². The van der Waals surface area contributed by atoms with Gasteiger partial charge in [-0.05, 0) is 49.8 Å². The zero-order valence-corrected chi connectivity index (χ0v) is 11.2. The molecule has 0 aliphatic heterocycles. The number of urea groups is 1. The van der Waals surface area contributed by atoms with Crippen LogP contribution in [0.5, 0.6) is 0 Å². The Bertz CT molecular complexity index is 536. The third-order valence-corrected chi connectivity index (χ3v) is 3.76. The van der Waals surface area contributed by atoms with Crippen LogP contribution in [0.25, 0.3) is 0 Å². The minimum Gasteiger partial charge on any atom is -0.478 e. The SMILES string of the molecule is O=C(O)c1cccc(NC(=O)N(CC2CC2)C2CC2)c1. The van der Waals surface area contributed by atoms with Gasteiger partial charge in [-0.2, -0.15) is 0 Å². The molecular formula is C15H18N2O3. The molecule has 1 aromatic rings. The van der Waals surface area contributed by atoms with Crippen molar-refractivity contribution in [3.8, 4) is 0 Å². The smallest absolute Gasteiger partial charge is 0.335 e. The molecule has 0 radical (unpaired) electrons. The topological polar surface area (TPSA) is 69.6 Å². The number of benzene rings is 1. The average molecular weight is 274 g/mol. The summed E-state index contributed by atoms with van der Waals surface area (Å²) in [5.74, 6) is -0.329. The Morgan fingerprint density at radius 1 is 1.25 bits per heavy atom. The lowest BCUT2D eigenvalue weighted by Gasteiger charge is -2.22. The molecular weight excluding hydrogens is 256 g/mol. The lowest BCUT2D eigenvalue weighted by molar-refractivity contribution is 0.0697. The Labute approximate surface area is 117 Å². The van der Waals surface area contributed by atoms with E-state index in [1.54, 1.807) is 12.1 Å². The van der Waals surface area contributed by atoms with Crippen LogP contribution in [0.3, 0.4) is 0 Å². The fourth-order valence-corrected chi connectivity index (χ4v) is 2.29. The van der Waals surface area contributed by atoms with Crippen molar-refractivity contribution in [2.24, 2.45) is 5.92 Å². The fraction of sp³-hybridized carbons (Fsp3) is 0.467. The number of carboxylic acid groups (broad SMARTS) is 1. The van der Waals surface area contributed by atoms with Crippen molar-refractivity contribution in [1.29, 1.82) is 0 Å². The van der Waals surface area contributed by atoms with Crippen molar-refractivity contribution in [2.45, 2.75) is 31.7 Å². The van der Waals surface area contributed by atoms with Crippen LogP contribution in [0.15, 0.2) is 24.3 Å². The van der Waals surface area contributed by atoms with Crippen LogP contribution in [0.2, 0.25) is 0 Å². The molecule has 2 amide bonds. The van der Waals surface area contributed by atoms with Gasteiger partial charge in [-0.15, -0.1) is 0 Å². The second-order valence-electron chi connectivity index (χ2n) is 5.64. The van der Waals surface area contributed by atoms with Crippen molar-refractivity contribution >= 4 is 17.7 Å². The molecule has 0 heterocycles. The number of hydrogen-bond acceptors (Lipinski definition) is 2. The predicted molar refractivity (Wildman–Crippen MR) is 74.9 cm³/mol. The molecule has 3 rings (SSSR count). The van der Waals surface area contributed by atoms with Crippen LogP contribution < -0.4 is 5.32 Å². The number of amides is 2. The summed E-state index contributed by atoms with van der Waals surface area (Å²) in [6.07, 6.45) is 4.58. The van der Waals surface area contributed by atoms with E-state index in [0.717, 1.165) is 19.4 Å². The van der Waals surface area contributed by atoms with E-state index < -0.39 is 5.97 Å². The molecule has 5 nitrogen and oxygen atoms in total. The summed E-state index contributed by atoms with van der Waals surface area (Å²) in [7, 11) is 0. The fourth-order valence-electron chi connectivity index (χ4n) is 2.29. The standard InChI is InChI=1S/C15H18N2O3/c18-14(19)11-2-1-3-12(8-11)16-15(20)17(13-6-7-13)9-10-4-5-10/h1-3,8,10,13H,4-7,9H2,(H,16,20)(H,18,19). The number of carbonyl (C=O) groups is 2. The Balaban J connectivity index is 1.67. The first-order valence-electron chi connectivity index (χ1n) is 7.04. The Hall–Kier alpha value is -2.04. The van der Waals surface area contributed by atoms with E-state index in [2.05, 4.69) is 5.32 Å². The minimum atomic E-state index is -0.988. The highest BCUT2D eigenvalue weighted by atomic mass is 16.4. The van der Waals surface area contributed by atoms with E-state index in [9.17, 15) is 9.59 Å². The summed E-state index contributed by atoms with van der Waals surface area (Å²) in [6.45, 7) is 0.828. The van der Waals surface area contributed by atoms with E-state index in [1.165, 1.54) is 25.0 Å². The maximum Gasteiger partial charge on any atom is 0.335 e. The van der Waals surface area contributed by atoms with Crippen LogP contribution in [0.1, 0.15) is 36.0 Å². The van der Waals surface area contributed by atoms with Gasteiger partial charge in [0, 0.05) is 18.3 Å². The van der Waals surface area contributed by atoms with Gasteiger partial charge in [-0.3, -0.25) is 0 Å². The molecule has 5 heteroatoms. The number of nitrogens with zero attached hydrogens (tertiary/aromatic N) is 1. The first-order chi connectivity index (χ1) is 9.63. The minimum absolute atomic E-state index is 0.109. The van der Waals surface area contributed by atoms with Crippen molar-refractivity contribution in [3.63, 3.8) is 0 Å². The highest BCUT2D eigenvalue weighted by molar-refractivity contribution is 5.93. The van der Waals surface area contributed by atoms with Crippen molar-refractivity contribution in [2.75, 3.05) is 11.9 Å². The zero-order chi connectivity index (χ0) is 14.1. The second-order valence-corrected chi connectivity index (χ2v) is 5.64. The van der Waals surface area contributed by atoms with Gasteiger partial charge >= 0.3 is 12.0 Å². The summed E-state index contributed by atoms with van der Waals surface area (Å²) in [6, 6.07) is 6.62. The average Bonchev–Trinajstić information content (AvgIpc) is 3.28. The molecule has 0 aromatic heterocycles. The summed E-state index contributed by atoms with van der Waals surface area (Å²) in [5, 5.41) is 11.8. The summed E-state index contributed by atoms with van der Waals surface area (Å²) < 4.78 is 0. The van der Waals surface area contributed by atoms with Gasteiger partial charge in [0.1, 0.15) is 0 Å². The molecule has 2 aliphatic rings. The Kier molecular flexibility index (Phi) is 3.34. The van der Waals surface area contributed by atoms with Crippen LogP contribution in [0.4, 0.5) is 10.5 Å². The Morgan fingerprint density at radius 3 is 2.60 bits per heavy atom. The molecule has 2 N–H and O–H groups in total. The van der Waals surface area contributed by atoms with Gasteiger partial charge in [0.05, 0.1) is 5.56 Å². The monoisotopic (exact) mass is 274 g/mol. The van der Waals surface area contributed by atoms with Gasteiger partial charge in [0.15, 0.2) is 0 Å². The number of rotatable bonds is 5. The number of aromatic carboxylic acids is 1. The highest BCUT2D eigenvalue weighted by Crippen LogP contribution is 2.35. The summed E-state index contributed by atoms with van der Waals surface area (Å²) in [4.78, 5) is 25.1. The lowest BCUT2D eigenvalue weighted by atomic mass is 10.2. The second kappa shape index (κ2) is 5.15. The quantitative estimate of drug-likeness (QED) is 0.867. The lowest BCUT2D eigenvalue weighted by Crippen LogP contribution is -2.38. The van der Waals surface area contributed by atoms with Crippen LogP contribution in [-0.2, 0) is 0 Å². The predicted octanol–water partition coefficient (Wildman–Crippen LogP) is 2.79. The molecule has 0 unspecified atom stereocenters. The largest absolute Gasteiger partial charge is 0.478 e. The molecule has 106 valence electrons. The molecule has 0 spiro atoms. The summed E-state index contributed by atoms with van der Waals surface area (Å²) >= 11 is 0. The van der Waals surface area contributed by atoms with Crippen LogP contribution in [-0.4, -0.2) is 34.6 Å². The van der Waals surface area contributed by atoms with Crippen molar-refractivity contribution < 1.29 is 14.7 Å². The first-order valence-corrected chi connectivity index (χ1v) is 7.04. The number of carboxylic acids is 1. The van der Waals surface area contributed by atoms with Gasteiger partial charge in [-0.25, -0.2) is 9.59 Å². The van der Waals surface area contributed by atoms with E-state index in [0.29, 0.717) is 17.6 Å². The number of anilines is 1. The van der Waals surface area contributed by atoms with Crippen molar-refractivity contribution in [1.82, 2.24) is 4.90 Å². The van der Waals surface area contributed by atoms with E-state index in [1.807, 2.05) is 4.90 Å². The molecule has 2 fully saturated rings. The maximum atomic E-state index is 12.3. The van der Waals surface area contributed by atoms with Crippen molar-refractivity contribution in [3.05, 3.63) is 29.8 Å². The van der Waals surface area contributed by atoms with Gasteiger partial charge in [0.25, 0.3) is 0 Å². The van der Waals surface area contributed by atoms with E-state index in [-0.39, 0.29) is 11.6 Å². The molecule has 0 atom stereocenters. The summed E-state index contributed by atoms with van der Waals surface area (Å²) in [5.41, 5.74) is 0.722. The third kappa shape index (κ3) is 3.10. The number of carbonyl (C=O) groups excluding carboxylic acids is 1. The van der Waals surface area contributed by atoms with Crippen LogP contribution >= 0.6 is 0 Å². The number of nitrogens with one attached hydrogen (secondary N) is 1.